The zero-order valence-electron chi connectivity index (χ0n) is 13.1. The van der Waals surface area contributed by atoms with Crippen LogP contribution in [0.25, 0.3) is 10.8 Å². The van der Waals surface area contributed by atoms with Gasteiger partial charge in [0.05, 0.1) is 23.0 Å². The van der Waals surface area contributed by atoms with Crippen molar-refractivity contribution in [2.45, 2.75) is 13.5 Å². The Hall–Kier alpha value is -3.22. The fraction of sp³-hybridized carbons (Fsp3) is 0.176. The lowest BCUT2D eigenvalue weighted by atomic mass is 10.1. The van der Waals surface area contributed by atoms with Gasteiger partial charge in [0.1, 0.15) is 6.54 Å². The molecular formula is C17H16N4O3. The van der Waals surface area contributed by atoms with Crippen LogP contribution in [0.15, 0.2) is 54.7 Å². The molecule has 0 atom stereocenters. The van der Waals surface area contributed by atoms with Gasteiger partial charge >= 0.3 is 5.82 Å². The van der Waals surface area contributed by atoms with Gasteiger partial charge in [-0.3, -0.25) is 4.79 Å². The zero-order valence-corrected chi connectivity index (χ0v) is 13.1. The summed E-state index contributed by atoms with van der Waals surface area (Å²) in [5.74, 6) is -0.442. The van der Waals surface area contributed by atoms with E-state index < -0.39 is 4.92 Å². The van der Waals surface area contributed by atoms with Crippen molar-refractivity contribution >= 4 is 28.2 Å². The number of aromatic nitrogens is 2. The van der Waals surface area contributed by atoms with Crippen LogP contribution >= 0.6 is 0 Å². The highest BCUT2D eigenvalue weighted by molar-refractivity contribution is 6.03. The van der Waals surface area contributed by atoms with E-state index in [9.17, 15) is 14.9 Å². The molecule has 0 bridgehead atoms. The Morgan fingerprint density at radius 1 is 1.21 bits per heavy atom. The number of carbonyl (C=O) groups excluding carboxylic acids is 1. The first-order valence-corrected chi connectivity index (χ1v) is 7.56. The zero-order chi connectivity index (χ0) is 17.1. The highest BCUT2D eigenvalue weighted by Crippen LogP contribution is 2.26. The number of likely N-dealkylation sites (N-methyl/N-ethyl adjacent to an activating group) is 1. The molecule has 3 rings (SSSR count). The minimum atomic E-state index is -0.580. The van der Waals surface area contributed by atoms with Crippen molar-refractivity contribution < 1.29 is 9.72 Å². The average molecular weight is 324 g/mol. The Bertz CT molecular complexity index is 898. The van der Waals surface area contributed by atoms with Crippen molar-refractivity contribution in [1.82, 2.24) is 9.78 Å². The quantitative estimate of drug-likeness (QED) is 0.533. The smallest absolute Gasteiger partial charge is 0.358 e. The SMILES string of the molecule is CCN(C(=O)Cn1ccc([N+](=O)[O-])n1)c1cccc2ccccc12. The van der Waals surface area contributed by atoms with Crippen LogP contribution in [-0.4, -0.2) is 27.2 Å². The Morgan fingerprint density at radius 2 is 1.96 bits per heavy atom. The molecule has 2 aromatic carbocycles. The van der Waals surface area contributed by atoms with E-state index in [1.807, 2.05) is 49.4 Å². The highest BCUT2D eigenvalue weighted by atomic mass is 16.6. The summed E-state index contributed by atoms with van der Waals surface area (Å²) in [6.07, 6.45) is 1.44. The predicted octanol–water partition coefficient (Wildman–Crippen LogP) is 3.00. The largest absolute Gasteiger partial charge is 0.389 e. The molecule has 0 aliphatic carbocycles. The molecule has 24 heavy (non-hydrogen) atoms. The third-order valence-corrected chi connectivity index (χ3v) is 3.79. The number of nitro groups is 1. The summed E-state index contributed by atoms with van der Waals surface area (Å²) < 4.78 is 1.29. The summed E-state index contributed by atoms with van der Waals surface area (Å²) in [4.78, 5) is 24.4. The number of nitrogens with zero attached hydrogens (tertiary/aromatic N) is 4. The van der Waals surface area contributed by atoms with Gasteiger partial charge in [-0.25, -0.2) is 0 Å². The predicted molar refractivity (Wildman–Crippen MR) is 90.9 cm³/mol. The van der Waals surface area contributed by atoms with Crippen molar-refractivity contribution in [1.29, 1.82) is 0 Å². The lowest BCUT2D eigenvalue weighted by molar-refractivity contribution is -0.389. The molecule has 0 aliphatic rings. The number of rotatable bonds is 5. The average Bonchev–Trinajstić information content (AvgIpc) is 3.04. The number of fused-ring (bicyclic) bond motifs is 1. The molecule has 1 heterocycles. The van der Waals surface area contributed by atoms with E-state index in [1.165, 1.54) is 16.9 Å². The molecule has 1 amide bonds. The Balaban J connectivity index is 1.89. The van der Waals surface area contributed by atoms with E-state index >= 15 is 0 Å². The molecule has 0 N–H and O–H groups in total. The normalized spacial score (nSPS) is 10.7. The number of carbonyl (C=O) groups is 1. The molecule has 1 aromatic heterocycles. The van der Waals surface area contributed by atoms with Crippen molar-refractivity contribution in [3.63, 3.8) is 0 Å². The lowest BCUT2D eigenvalue weighted by Gasteiger charge is -2.22. The standard InChI is InChI=1S/C17H16N4O3/c1-2-20(15-9-5-7-13-6-3-4-8-14(13)15)17(22)12-19-11-10-16(18-19)21(23)24/h3-11H,2,12H2,1H3. The minimum absolute atomic E-state index is 0.0507. The van der Waals surface area contributed by atoms with E-state index in [1.54, 1.807) is 4.90 Å². The van der Waals surface area contributed by atoms with Crippen molar-refractivity contribution in [3.8, 4) is 0 Å². The van der Waals surface area contributed by atoms with Crippen LogP contribution in [0.3, 0.4) is 0 Å². The second-order valence-electron chi connectivity index (χ2n) is 5.26. The monoisotopic (exact) mass is 324 g/mol. The summed E-state index contributed by atoms with van der Waals surface area (Å²) in [5, 5.41) is 16.5. The topological polar surface area (TPSA) is 81.3 Å². The van der Waals surface area contributed by atoms with E-state index in [2.05, 4.69) is 5.10 Å². The molecule has 122 valence electrons. The summed E-state index contributed by atoms with van der Waals surface area (Å²) in [7, 11) is 0. The third kappa shape index (κ3) is 2.96. The Morgan fingerprint density at radius 3 is 2.67 bits per heavy atom. The van der Waals surface area contributed by atoms with Crippen molar-refractivity contribution in [2.24, 2.45) is 0 Å². The number of hydrogen-bond acceptors (Lipinski definition) is 4. The highest BCUT2D eigenvalue weighted by Gasteiger charge is 2.19. The fourth-order valence-corrected chi connectivity index (χ4v) is 2.69. The summed E-state index contributed by atoms with van der Waals surface area (Å²) in [6.45, 7) is 2.34. The molecule has 0 unspecified atom stereocenters. The van der Waals surface area contributed by atoms with Crippen molar-refractivity contribution in [2.75, 3.05) is 11.4 Å². The molecule has 0 saturated carbocycles. The molecule has 3 aromatic rings. The van der Waals surface area contributed by atoms with Crippen LogP contribution in [-0.2, 0) is 11.3 Å². The number of benzene rings is 2. The number of hydrogen-bond donors (Lipinski definition) is 0. The van der Waals surface area contributed by atoms with Crippen LogP contribution in [0.2, 0.25) is 0 Å². The molecule has 7 heteroatoms. The molecule has 0 fully saturated rings. The fourth-order valence-electron chi connectivity index (χ4n) is 2.69. The van der Waals surface area contributed by atoms with Gasteiger partial charge < -0.3 is 15.0 Å². The van der Waals surface area contributed by atoms with Crippen LogP contribution in [0.4, 0.5) is 11.5 Å². The van der Waals surface area contributed by atoms with Gasteiger partial charge in [0, 0.05) is 11.9 Å². The molecule has 0 saturated heterocycles. The first-order valence-electron chi connectivity index (χ1n) is 7.56. The second-order valence-corrected chi connectivity index (χ2v) is 5.26. The van der Waals surface area contributed by atoms with E-state index in [4.69, 9.17) is 0 Å². The van der Waals surface area contributed by atoms with Crippen LogP contribution in [0, 0.1) is 10.1 Å². The Kier molecular flexibility index (Phi) is 4.24. The van der Waals surface area contributed by atoms with E-state index in [0.717, 1.165) is 16.5 Å². The summed E-state index contributed by atoms with van der Waals surface area (Å²) in [5.41, 5.74) is 0.822. The maximum absolute atomic E-state index is 12.7. The Labute approximate surface area is 138 Å². The molecule has 0 spiro atoms. The van der Waals surface area contributed by atoms with Gasteiger partial charge in [-0.1, -0.05) is 36.4 Å². The first kappa shape index (κ1) is 15.7. The maximum Gasteiger partial charge on any atom is 0.389 e. The van der Waals surface area contributed by atoms with Gasteiger partial charge in [0.15, 0.2) is 0 Å². The maximum atomic E-state index is 12.7. The van der Waals surface area contributed by atoms with Gasteiger partial charge in [0.25, 0.3) is 5.91 Å². The third-order valence-electron chi connectivity index (χ3n) is 3.79. The van der Waals surface area contributed by atoms with Gasteiger partial charge in [-0.15, -0.1) is 0 Å². The summed E-state index contributed by atoms with van der Waals surface area (Å²) in [6, 6.07) is 14.9. The number of anilines is 1. The first-order chi connectivity index (χ1) is 11.6. The van der Waals surface area contributed by atoms with Gasteiger partial charge in [-0.05, 0) is 23.3 Å². The van der Waals surface area contributed by atoms with Crippen LogP contribution in [0.1, 0.15) is 6.92 Å². The van der Waals surface area contributed by atoms with E-state index in [-0.39, 0.29) is 18.3 Å². The molecule has 7 nitrogen and oxygen atoms in total. The van der Waals surface area contributed by atoms with Crippen LogP contribution < -0.4 is 4.90 Å². The molecule has 0 radical (unpaired) electrons. The molecule has 0 aliphatic heterocycles. The minimum Gasteiger partial charge on any atom is -0.358 e. The van der Waals surface area contributed by atoms with Crippen molar-refractivity contribution in [3.05, 3.63) is 64.8 Å². The van der Waals surface area contributed by atoms with Crippen LogP contribution in [0.5, 0.6) is 0 Å². The van der Waals surface area contributed by atoms with E-state index in [0.29, 0.717) is 6.54 Å². The summed E-state index contributed by atoms with van der Waals surface area (Å²) >= 11 is 0. The lowest BCUT2D eigenvalue weighted by Crippen LogP contribution is -2.34. The second kappa shape index (κ2) is 6.49. The van der Waals surface area contributed by atoms with Gasteiger partial charge in [-0.2, -0.15) is 4.68 Å². The molecular weight excluding hydrogens is 308 g/mol. The van der Waals surface area contributed by atoms with Gasteiger partial charge in [0.2, 0.25) is 0 Å². The number of amides is 1.